The van der Waals surface area contributed by atoms with Crippen molar-refractivity contribution in [1.29, 1.82) is 0 Å². The highest BCUT2D eigenvalue weighted by Gasteiger charge is 2.45. The number of aliphatic imine (C=N–C) groups is 1. The van der Waals surface area contributed by atoms with Crippen molar-refractivity contribution in [3.05, 3.63) is 146 Å². The molecule has 18 heteroatoms. The molecule has 1 saturated carbocycles. The molecule has 0 spiro atoms. The van der Waals surface area contributed by atoms with Gasteiger partial charge in [-0.2, -0.15) is 0 Å². The summed E-state index contributed by atoms with van der Waals surface area (Å²) < 4.78 is 16.4. The van der Waals surface area contributed by atoms with Gasteiger partial charge in [-0.3, -0.25) is 28.7 Å². The van der Waals surface area contributed by atoms with E-state index in [1.54, 1.807) is 35.6 Å². The molecule has 3 aliphatic rings. The average Bonchev–Trinajstić information content (AvgIpc) is 4.20. The number of carbonyl (C=O) groups is 4. The van der Waals surface area contributed by atoms with Crippen LogP contribution in [0.3, 0.4) is 0 Å². The number of halogens is 1. The number of aryl methyl sites for hydroxylation is 3. The number of nitrogens with zero attached hydrogens (tertiary/aromatic N) is 6. The third-order valence-corrected chi connectivity index (χ3v) is 15.9. The Morgan fingerprint density at radius 2 is 1.68 bits per heavy atom. The van der Waals surface area contributed by atoms with Crippen LogP contribution in [-0.2, 0) is 14.4 Å². The monoisotopic (exact) mass is 1040 g/mol. The van der Waals surface area contributed by atoms with E-state index in [2.05, 4.69) is 44.6 Å². The summed E-state index contributed by atoms with van der Waals surface area (Å²) in [5.74, 6) is 0.286. The topological polar surface area (TPSA) is 198 Å². The fraction of sp³-hybridized carbons (Fsp3) is 0.375. The number of carbonyl (C=O) groups excluding carboxylic acids is 4. The van der Waals surface area contributed by atoms with E-state index < -0.39 is 41.5 Å². The lowest BCUT2D eigenvalue weighted by molar-refractivity contribution is -0.142. The number of hydrogen-bond acceptors (Lipinski definition) is 11. The summed E-state index contributed by atoms with van der Waals surface area (Å²) in [5, 5.41) is 31.1. The predicted octanol–water partition coefficient (Wildman–Crippen LogP) is 8.74. The highest BCUT2D eigenvalue weighted by molar-refractivity contribution is 7.15. The molecular weight excluding hydrogens is 978 g/mol. The quantitative estimate of drug-likeness (QED) is 0.0873. The Labute approximate surface area is 438 Å². The van der Waals surface area contributed by atoms with Gasteiger partial charge in [0, 0.05) is 75.8 Å². The smallest absolute Gasteiger partial charge is 0.287 e. The molecular formula is C56H60ClN9O7S. The number of fused-ring (bicyclic) bond motifs is 4. The Hall–Kier alpha value is -7.08. The second kappa shape index (κ2) is 20.0. The number of aliphatic hydroxyl groups is 1. The number of rotatable bonds is 13. The van der Waals surface area contributed by atoms with Crippen molar-refractivity contribution in [3.8, 4) is 16.4 Å². The van der Waals surface area contributed by atoms with Crippen molar-refractivity contribution in [1.82, 2.24) is 40.2 Å². The number of nitrogens with one attached hydrogen (secondary N) is 3. The van der Waals surface area contributed by atoms with Crippen LogP contribution in [0.1, 0.15) is 120 Å². The predicted molar refractivity (Wildman–Crippen MR) is 284 cm³/mol. The van der Waals surface area contributed by atoms with Crippen LogP contribution in [0.25, 0.3) is 21.7 Å². The van der Waals surface area contributed by atoms with E-state index in [4.69, 9.17) is 25.7 Å². The summed E-state index contributed by atoms with van der Waals surface area (Å²) in [7, 11) is 0. The largest absolute Gasteiger partial charge is 0.490 e. The Bertz CT molecular complexity index is 3320. The summed E-state index contributed by atoms with van der Waals surface area (Å²) in [5.41, 5.74) is 6.47. The molecule has 10 rings (SSSR count). The van der Waals surface area contributed by atoms with Gasteiger partial charge in [0.05, 0.1) is 24.3 Å². The number of hydrogen-bond donors (Lipinski definition) is 4. The number of thiophene rings is 1. The first-order valence-corrected chi connectivity index (χ1v) is 26.2. The number of likely N-dealkylation sites (tertiary alicyclic amines) is 1. The van der Waals surface area contributed by atoms with Crippen LogP contribution >= 0.6 is 22.9 Å². The van der Waals surface area contributed by atoms with E-state index in [9.17, 15) is 24.3 Å². The first-order valence-electron chi connectivity index (χ1n) is 25.0. The van der Waals surface area contributed by atoms with E-state index in [-0.39, 0.29) is 55.1 Å². The van der Waals surface area contributed by atoms with Crippen LogP contribution < -0.4 is 20.7 Å². The fourth-order valence-electron chi connectivity index (χ4n) is 10.2. The number of ether oxygens (including phenoxy) is 1. The van der Waals surface area contributed by atoms with Gasteiger partial charge in [-0.25, -0.2) is 0 Å². The van der Waals surface area contributed by atoms with Crippen molar-refractivity contribution in [2.75, 3.05) is 6.54 Å². The zero-order valence-electron chi connectivity index (χ0n) is 42.6. The van der Waals surface area contributed by atoms with Crippen molar-refractivity contribution in [2.45, 2.75) is 123 Å². The number of β-amino-alcohol motifs (C(OH)–C–C–N with tert-alkyl or cyclic N) is 1. The molecule has 5 atom stereocenters. The minimum Gasteiger partial charge on any atom is -0.490 e. The zero-order valence-corrected chi connectivity index (χ0v) is 44.2. The van der Waals surface area contributed by atoms with Crippen LogP contribution in [0.2, 0.25) is 5.02 Å². The van der Waals surface area contributed by atoms with Crippen molar-refractivity contribution >= 4 is 63.2 Å². The molecule has 16 nitrogen and oxygen atoms in total. The lowest BCUT2D eigenvalue weighted by Crippen LogP contribution is -2.57. The molecule has 4 N–H and O–H groups in total. The van der Waals surface area contributed by atoms with Crippen molar-refractivity contribution in [2.24, 2.45) is 10.4 Å². The molecule has 74 heavy (non-hydrogen) atoms. The van der Waals surface area contributed by atoms with Gasteiger partial charge in [0.2, 0.25) is 17.7 Å². The molecule has 2 fully saturated rings. The Kier molecular flexibility index (Phi) is 13.6. The van der Waals surface area contributed by atoms with E-state index in [0.717, 1.165) is 55.0 Å². The molecule has 2 unspecified atom stereocenters. The maximum atomic E-state index is 14.4. The molecule has 1 aliphatic carbocycles. The van der Waals surface area contributed by atoms with Crippen LogP contribution in [0.5, 0.6) is 5.75 Å². The SMILES string of the molecule is Cc1sc2c(c1C)C(c1ccc(Cl)cc1)=N[C@@H](CC(=O)NC1CC(Oc3ccc4oc(C(=O)N[C@H](C(=O)N5C[C@H](O)CC5C(=O)NC(C)c5ccc(-n6cccc6C)cc5)C(C)(C)C)cc4c3)C1)c1nnc(C)n1-2. The van der Waals surface area contributed by atoms with Gasteiger partial charge >= 0.3 is 0 Å². The average molecular weight is 1040 g/mol. The second-order valence-electron chi connectivity index (χ2n) is 20.9. The summed E-state index contributed by atoms with van der Waals surface area (Å²) in [6.45, 7) is 15.4. The first-order chi connectivity index (χ1) is 35.3. The van der Waals surface area contributed by atoms with Gasteiger partial charge < -0.3 is 39.7 Å². The van der Waals surface area contributed by atoms with Gasteiger partial charge in [-0.1, -0.05) is 56.6 Å². The third kappa shape index (κ3) is 9.99. The normalized spacial score (nSPS) is 20.2. The molecule has 7 aromatic rings. The molecule has 0 bridgehead atoms. The lowest BCUT2D eigenvalue weighted by atomic mass is 9.85. The number of aromatic nitrogens is 4. The van der Waals surface area contributed by atoms with Gasteiger partial charge in [-0.15, -0.1) is 21.5 Å². The van der Waals surface area contributed by atoms with Crippen molar-refractivity contribution < 1.29 is 33.4 Å². The third-order valence-electron chi connectivity index (χ3n) is 14.4. The van der Waals surface area contributed by atoms with E-state index in [1.165, 1.54) is 4.90 Å². The summed E-state index contributed by atoms with van der Waals surface area (Å²) in [4.78, 5) is 63.6. The first kappa shape index (κ1) is 50.5. The summed E-state index contributed by atoms with van der Waals surface area (Å²) in [6, 6.07) is 23.3. The van der Waals surface area contributed by atoms with Gasteiger partial charge in [0.25, 0.3) is 5.91 Å². The molecule has 384 valence electrons. The standard InChI is InChI=1S/C56H60ClN9O7S/c1-29-10-9-21-64(29)39-17-13-34(14-18-39)31(3)58-52(69)44-26-40(67)28-65(44)54(71)50(56(6,7)8)61-53(70)46-23-36-22-41(19-20-45(36)73-46)72-42-24-38(25-42)59-47(68)27-43-51-63-62-33(5)66(51)55-48(30(2)32(4)74-55)49(60-43)35-11-15-37(57)16-12-35/h9-23,31,38,40,42-44,50,67H,24-28H2,1-8H3,(H,58,69)(H,59,68)(H,61,70)/t31?,38?,40-,42?,43+,44?,50-/m1/s1. The maximum absolute atomic E-state index is 14.4. The maximum Gasteiger partial charge on any atom is 0.287 e. The van der Waals surface area contributed by atoms with E-state index >= 15 is 0 Å². The molecule has 1 saturated heterocycles. The molecule has 0 radical (unpaired) electrons. The van der Waals surface area contributed by atoms with Gasteiger partial charge in [0.1, 0.15) is 46.4 Å². The van der Waals surface area contributed by atoms with Crippen LogP contribution in [0, 0.1) is 33.1 Å². The van der Waals surface area contributed by atoms with Gasteiger partial charge in [-0.05, 0) is 112 Å². The summed E-state index contributed by atoms with van der Waals surface area (Å²) >= 11 is 7.94. The number of furan rings is 1. The molecule has 2 aliphatic heterocycles. The minimum atomic E-state index is -1.06. The second-order valence-corrected chi connectivity index (χ2v) is 22.5. The number of amides is 4. The fourth-order valence-corrected chi connectivity index (χ4v) is 11.5. The van der Waals surface area contributed by atoms with Crippen LogP contribution in [0.15, 0.2) is 101 Å². The minimum absolute atomic E-state index is 0.000660. The Balaban J connectivity index is 0.754. The van der Waals surface area contributed by atoms with E-state index in [0.29, 0.717) is 40.4 Å². The highest BCUT2D eigenvalue weighted by atomic mass is 35.5. The molecule has 3 aromatic carbocycles. The van der Waals surface area contributed by atoms with Crippen LogP contribution in [-0.4, -0.2) is 95.6 Å². The van der Waals surface area contributed by atoms with Gasteiger partial charge in [0.15, 0.2) is 11.6 Å². The highest BCUT2D eigenvalue weighted by Crippen LogP contribution is 2.40. The Morgan fingerprint density at radius 1 is 0.932 bits per heavy atom. The zero-order chi connectivity index (χ0) is 52.3. The number of aliphatic hydroxyl groups excluding tert-OH is 1. The molecule has 4 amide bonds. The summed E-state index contributed by atoms with van der Waals surface area (Å²) in [6.07, 6.45) is 2.25. The van der Waals surface area contributed by atoms with Crippen LogP contribution in [0.4, 0.5) is 0 Å². The van der Waals surface area contributed by atoms with E-state index in [1.807, 2.05) is 113 Å². The lowest BCUT2D eigenvalue weighted by Gasteiger charge is -2.36. The van der Waals surface area contributed by atoms with Crippen molar-refractivity contribution in [3.63, 3.8) is 0 Å². The number of benzene rings is 3. The molecule has 6 heterocycles. The Morgan fingerprint density at radius 3 is 2.38 bits per heavy atom. The molecule has 4 aromatic heterocycles.